The number of hydrogen-bond acceptors (Lipinski definition) is 2. The Labute approximate surface area is 116 Å². The Bertz CT molecular complexity index is 436. The summed E-state index contributed by atoms with van der Waals surface area (Å²) in [4.78, 5) is 13.8. The maximum absolute atomic E-state index is 11.8. The van der Waals surface area contributed by atoms with Crippen molar-refractivity contribution in [1.29, 1.82) is 0 Å². The van der Waals surface area contributed by atoms with E-state index in [2.05, 4.69) is 37.4 Å². The quantitative estimate of drug-likeness (QED) is 0.825. The van der Waals surface area contributed by atoms with Crippen LogP contribution < -0.4 is 5.32 Å². The van der Waals surface area contributed by atoms with Crippen LogP contribution in [0.4, 0.5) is 0 Å². The first-order valence-electron chi connectivity index (χ1n) is 7.21. The second-order valence-corrected chi connectivity index (χ2v) is 5.43. The van der Waals surface area contributed by atoms with Crippen molar-refractivity contribution in [3.05, 3.63) is 34.9 Å². The van der Waals surface area contributed by atoms with Crippen molar-refractivity contribution in [2.75, 3.05) is 19.6 Å². The molecular formula is C16H24N2O. The topological polar surface area (TPSA) is 32.3 Å². The van der Waals surface area contributed by atoms with E-state index in [0.717, 1.165) is 26.2 Å². The molecule has 1 aromatic carbocycles. The first-order valence-corrected chi connectivity index (χ1v) is 7.21. The molecule has 19 heavy (non-hydrogen) atoms. The lowest BCUT2D eigenvalue weighted by molar-refractivity contribution is -0.130. The fraction of sp³-hybridized carbons (Fsp3) is 0.562. The summed E-state index contributed by atoms with van der Waals surface area (Å²) in [6, 6.07) is 6.52. The minimum absolute atomic E-state index is 0.296. The van der Waals surface area contributed by atoms with E-state index < -0.39 is 0 Å². The molecule has 0 saturated carbocycles. The van der Waals surface area contributed by atoms with Crippen LogP contribution >= 0.6 is 0 Å². The number of carbonyl (C=O) groups excluding carboxylic acids is 1. The van der Waals surface area contributed by atoms with Crippen molar-refractivity contribution in [3.63, 3.8) is 0 Å². The van der Waals surface area contributed by atoms with Gasteiger partial charge in [0.2, 0.25) is 5.91 Å². The normalized spacial score (nSPS) is 14.9. The highest BCUT2D eigenvalue weighted by molar-refractivity contribution is 5.76. The van der Waals surface area contributed by atoms with E-state index in [0.29, 0.717) is 12.3 Å². The van der Waals surface area contributed by atoms with E-state index in [1.807, 2.05) is 4.90 Å². The average Bonchev–Trinajstić information content (AvgIpc) is 2.92. The van der Waals surface area contributed by atoms with E-state index in [1.54, 1.807) is 0 Å². The van der Waals surface area contributed by atoms with Gasteiger partial charge in [0.1, 0.15) is 0 Å². The zero-order valence-corrected chi connectivity index (χ0v) is 12.0. The molecule has 1 amide bonds. The van der Waals surface area contributed by atoms with Crippen molar-refractivity contribution >= 4 is 5.91 Å². The van der Waals surface area contributed by atoms with Gasteiger partial charge < -0.3 is 10.2 Å². The van der Waals surface area contributed by atoms with Crippen molar-refractivity contribution in [2.45, 2.75) is 39.7 Å². The molecule has 0 atom stereocenters. The van der Waals surface area contributed by atoms with Gasteiger partial charge in [-0.25, -0.2) is 0 Å². The molecule has 3 nitrogen and oxygen atoms in total. The number of rotatable bonds is 5. The molecule has 2 rings (SSSR count). The zero-order chi connectivity index (χ0) is 13.7. The van der Waals surface area contributed by atoms with Gasteiger partial charge in [0.15, 0.2) is 0 Å². The summed E-state index contributed by atoms with van der Waals surface area (Å²) < 4.78 is 0. The Hall–Kier alpha value is -1.35. The minimum atomic E-state index is 0.296. The summed E-state index contributed by atoms with van der Waals surface area (Å²) in [5.41, 5.74) is 3.94. The standard InChI is InChI=1S/C16H24N2O/c1-13-5-6-15(11-14(13)2)12-17-8-7-16(19)18-9-3-4-10-18/h5-6,11,17H,3-4,7-10,12H2,1-2H3. The van der Waals surface area contributed by atoms with Crippen LogP contribution in [0, 0.1) is 13.8 Å². The number of aryl methyl sites for hydroxylation is 2. The molecule has 1 fully saturated rings. The highest BCUT2D eigenvalue weighted by Gasteiger charge is 2.16. The van der Waals surface area contributed by atoms with Crippen molar-refractivity contribution in [1.82, 2.24) is 10.2 Å². The Morgan fingerprint density at radius 1 is 1.21 bits per heavy atom. The Kier molecular flexibility index (Phi) is 4.97. The van der Waals surface area contributed by atoms with Crippen LogP contribution in [0.1, 0.15) is 36.0 Å². The third-order valence-electron chi connectivity index (χ3n) is 3.87. The van der Waals surface area contributed by atoms with E-state index in [9.17, 15) is 4.79 Å². The zero-order valence-electron chi connectivity index (χ0n) is 12.0. The Balaban J connectivity index is 1.68. The van der Waals surface area contributed by atoms with Crippen molar-refractivity contribution < 1.29 is 4.79 Å². The summed E-state index contributed by atoms with van der Waals surface area (Å²) in [5, 5.41) is 3.36. The summed E-state index contributed by atoms with van der Waals surface area (Å²) in [6.07, 6.45) is 2.95. The van der Waals surface area contributed by atoms with Gasteiger partial charge in [-0.05, 0) is 43.4 Å². The molecule has 1 N–H and O–H groups in total. The van der Waals surface area contributed by atoms with Gasteiger partial charge in [-0.15, -0.1) is 0 Å². The number of nitrogens with zero attached hydrogens (tertiary/aromatic N) is 1. The maximum Gasteiger partial charge on any atom is 0.223 e. The largest absolute Gasteiger partial charge is 0.343 e. The van der Waals surface area contributed by atoms with Gasteiger partial charge in [-0.1, -0.05) is 18.2 Å². The van der Waals surface area contributed by atoms with Crippen LogP contribution in [0.5, 0.6) is 0 Å². The maximum atomic E-state index is 11.8. The number of hydrogen-bond donors (Lipinski definition) is 1. The van der Waals surface area contributed by atoms with Gasteiger partial charge in [0.05, 0.1) is 0 Å². The van der Waals surface area contributed by atoms with Crippen LogP contribution in [-0.2, 0) is 11.3 Å². The number of carbonyl (C=O) groups is 1. The first kappa shape index (κ1) is 14.1. The highest BCUT2D eigenvalue weighted by atomic mass is 16.2. The molecule has 0 unspecified atom stereocenters. The summed E-state index contributed by atoms with van der Waals surface area (Å²) >= 11 is 0. The van der Waals surface area contributed by atoms with Crippen LogP contribution in [0.15, 0.2) is 18.2 Å². The van der Waals surface area contributed by atoms with Crippen LogP contribution in [-0.4, -0.2) is 30.4 Å². The molecular weight excluding hydrogens is 236 g/mol. The van der Waals surface area contributed by atoms with Crippen LogP contribution in [0.2, 0.25) is 0 Å². The molecule has 0 spiro atoms. The third kappa shape index (κ3) is 4.06. The molecule has 0 aliphatic carbocycles. The van der Waals surface area contributed by atoms with E-state index in [1.165, 1.54) is 29.5 Å². The minimum Gasteiger partial charge on any atom is -0.343 e. The predicted octanol–water partition coefficient (Wildman–Crippen LogP) is 2.41. The van der Waals surface area contributed by atoms with Crippen molar-refractivity contribution in [3.8, 4) is 0 Å². The van der Waals surface area contributed by atoms with Gasteiger partial charge in [-0.3, -0.25) is 4.79 Å². The Morgan fingerprint density at radius 2 is 1.95 bits per heavy atom. The average molecular weight is 260 g/mol. The molecule has 0 aromatic heterocycles. The molecule has 1 aliphatic rings. The predicted molar refractivity (Wildman–Crippen MR) is 78.1 cm³/mol. The Morgan fingerprint density at radius 3 is 2.63 bits per heavy atom. The van der Waals surface area contributed by atoms with Gasteiger partial charge >= 0.3 is 0 Å². The smallest absolute Gasteiger partial charge is 0.223 e. The molecule has 0 bridgehead atoms. The third-order valence-corrected chi connectivity index (χ3v) is 3.87. The highest BCUT2D eigenvalue weighted by Crippen LogP contribution is 2.10. The van der Waals surface area contributed by atoms with Crippen LogP contribution in [0.25, 0.3) is 0 Å². The van der Waals surface area contributed by atoms with Gasteiger partial charge in [0.25, 0.3) is 0 Å². The molecule has 1 saturated heterocycles. The molecule has 3 heteroatoms. The van der Waals surface area contributed by atoms with E-state index >= 15 is 0 Å². The first-order chi connectivity index (χ1) is 9.16. The fourth-order valence-electron chi connectivity index (χ4n) is 2.47. The molecule has 1 aromatic rings. The lowest BCUT2D eigenvalue weighted by Crippen LogP contribution is -2.30. The van der Waals surface area contributed by atoms with E-state index in [-0.39, 0.29) is 0 Å². The number of likely N-dealkylation sites (tertiary alicyclic amines) is 1. The lowest BCUT2D eigenvalue weighted by Gasteiger charge is -2.15. The van der Waals surface area contributed by atoms with Gasteiger partial charge in [0, 0.05) is 32.6 Å². The summed E-state index contributed by atoms with van der Waals surface area (Å²) in [7, 11) is 0. The SMILES string of the molecule is Cc1ccc(CNCCC(=O)N2CCCC2)cc1C. The molecule has 104 valence electrons. The second kappa shape index (κ2) is 6.71. The molecule has 1 heterocycles. The number of benzene rings is 1. The van der Waals surface area contributed by atoms with Crippen LogP contribution in [0.3, 0.4) is 0 Å². The number of amides is 1. The fourth-order valence-corrected chi connectivity index (χ4v) is 2.47. The van der Waals surface area contributed by atoms with Crippen molar-refractivity contribution in [2.24, 2.45) is 0 Å². The number of nitrogens with one attached hydrogen (secondary N) is 1. The summed E-state index contributed by atoms with van der Waals surface area (Å²) in [6.45, 7) is 7.78. The lowest BCUT2D eigenvalue weighted by atomic mass is 10.1. The van der Waals surface area contributed by atoms with Gasteiger partial charge in [-0.2, -0.15) is 0 Å². The second-order valence-electron chi connectivity index (χ2n) is 5.43. The summed E-state index contributed by atoms with van der Waals surface area (Å²) in [5.74, 6) is 0.296. The monoisotopic (exact) mass is 260 g/mol. The molecule has 0 radical (unpaired) electrons. The molecule has 1 aliphatic heterocycles. The van der Waals surface area contributed by atoms with E-state index in [4.69, 9.17) is 0 Å².